The molecule has 0 spiro atoms. The lowest BCUT2D eigenvalue weighted by Gasteiger charge is -2.09. The Bertz CT molecular complexity index is 1450. The standard InChI is InChI=1S/C24H16F3N5O2/c25-24(26,27)20-8-16(11-29-13-20)14-32-6-5-17-7-15(1-3-21(17)32)12-30-31-23(34)18-2-4-22(33)19(9-18)10-28/h1-9,11-13,33H,14H2,(H,31,34)/b30-12+. The molecular formula is C24H16F3N5O2. The molecule has 0 radical (unpaired) electrons. The van der Waals surface area contributed by atoms with Gasteiger partial charge in [-0.25, -0.2) is 5.43 Å². The van der Waals surface area contributed by atoms with Crippen LogP contribution >= 0.6 is 0 Å². The highest BCUT2D eigenvalue weighted by atomic mass is 19.4. The Morgan fingerprint density at radius 2 is 2.00 bits per heavy atom. The summed E-state index contributed by atoms with van der Waals surface area (Å²) in [7, 11) is 0. The van der Waals surface area contributed by atoms with Crippen LogP contribution in [0.25, 0.3) is 10.9 Å². The van der Waals surface area contributed by atoms with Gasteiger partial charge in [0, 0.05) is 41.6 Å². The summed E-state index contributed by atoms with van der Waals surface area (Å²) in [6, 6.07) is 14.0. The number of phenols is 1. The first-order chi connectivity index (χ1) is 16.2. The van der Waals surface area contributed by atoms with E-state index in [0.717, 1.165) is 23.2 Å². The number of nitrogens with one attached hydrogen (secondary N) is 1. The highest BCUT2D eigenvalue weighted by Crippen LogP contribution is 2.29. The highest BCUT2D eigenvalue weighted by molar-refractivity contribution is 5.96. The number of hydrazone groups is 1. The lowest BCUT2D eigenvalue weighted by Crippen LogP contribution is -2.17. The number of benzene rings is 2. The Kier molecular flexibility index (Phi) is 6.01. The van der Waals surface area contributed by atoms with E-state index in [9.17, 15) is 23.1 Å². The summed E-state index contributed by atoms with van der Waals surface area (Å²) < 4.78 is 40.6. The Balaban J connectivity index is 1.46. The van der Waals surface area contributed by atoms with E-state index in [1.54, 1.807) is 24.4 Å². The van der Waals surface area contributed by atoms with Crippen LogP contribution in [-0.4, -0.2) is 26.8 Å². The van der Waals surface area contributed by atoms with Crippen molar-refractivity contribution in [2.75, 3.05) is 0 Å². The second-order valence-corrected chi connectivity index (χ2v) is 7.38. The molecule has 0 saturated heterocycles. The number of amides is 1. The van der Waals surface area contributed by atoms with E-state index in [1.807, 2.05) is 16.7 Å². The molecule has 0 aliphatic heterocycles. The smallest absolute Gasteiger partial charge is 0.417 e. The summed E-state index contributed by atoms with van der Waals surface area (Å²) >= 11 is 0. The summed E-state index contributed by atoms with van der Waals surface area (Å²) in [5.41, 5.74) is 3.64. The minimum atomic E-state index is -4.45. The Labute approximate surface area is 191 Å². The highest BCUT2D eigenvalue weighted by Gasteiger charge is 2.31. The fraction of sp³-hybridized carbons (Fsp3) is 0.0833. The summed E-state index contributed by atoms with van der Waals surface area (Å²) in [6.07, 6.45) is 0.957. The number of carbonyl (C=O) groups is 1. The molecule has 0 fully saturated rings. The van der Waals surface area contributed by atoms with E-state index < -0.39 is 17.6 Å². The third-order valence-electron chi connectivity index (χ3n) is 5.03. The van der Waals surface area contributed by atoms with Crippen LogP contribution in [0.3, 0.4) is 0 Å². The number of halogens is 3. The zero-order valence-electron chi connectivity index (χ0n) is 17.4. The van der Waals surface area contributed by atoms with E-state index in [0.29, 0.717) is 11.1 Å². The molecule has 2 aromatic carbocycles. The van der Waals surface area contributed by atoms with Gasteiger partial charge in [-0.15, -0.1) is 0 Å². The third kappa shape index (κ3) is 4.88. The van der Waals surface area contributed by atoms with Gasteiger partial charge < -0.3 is 9.67 Å². The molecule has 34 heavy (non-hydrogen) atoms. The zero-order valence-corrected chi connectivity index (χ0v) is 17.4. The van der Waals surface area contributed by atoms with Gasteiger partial charge in [-0.2, -0.15) is 23.5 Å². The van der Waals surface area contributed by atoms with Crippen molar-refractivity contribution in [2.24, 2.45) is 5.10 Å². The van der Waals surface area contributed by atoms with Crippen LogP contribution in [0, 0.1) is 11.3 Å². The molecule has 170 valence electrons. The largest absolute Gasteiger partial charge is 0.507 e. The molecule has 0 saturated carbocycles. The van der Waals surface area contributed by atoms with Gasteiger partial charge in [0.05, 0.1) is 17.3 Å². The molecule has 4 rings (SSSR count). The molecule has 0 aliphatic carbocycles. The number of carbonyl (C=O) groups excluding carboxylic acids is 1. The number of rotatable bonds is 5. The first kappa shape index (κ1) is 22.5. The topological polar surface area (TPSA) is 103 Å². The average Bonchev–Trinajstić information content (AvgIpc) is 3.21. The molecule has 0 bridgehead atoms. The maximum Gasteiger partial charge on any atom is 0.417 e. The van der Waals surface area contributed by atoms with Gasteiger partial charge in [-0.05, 0) is 53.6 Å². The van der Waals surface area contributed by atoms with E-state index in [4.69, 9.17) is 5.26 Å². The molecule has 2 N–H and O–H groups in total. The summed E-state index contributed by atoms with van der Waals surface area (Å²) in [6.45, 7) is 0.223. The lowest BCUT2D eigenvalue weighted by molar-refractivity contribution is -0.137. The van der Waals surface area contributed by atoms with E-state index in [-0.39, 0.29) is 23.4 Å². The number of aromatic hydroxyl groups is 1. The zero-order chi connectivity index (χ0) is 24.3. The fourth-order valence-electron chi connectivity index (χ4n) is 3.36. The molecule has 0 aliphatic rings. The molecule has 10 heteroatoms. The van der Waals surface area contributed by atoms with Gasteiger partial charge in [-0.3, -0.25) is 9.78 Å². The Morgan fingerprint density at radius 1 is 1.18 bits per heavy atom. The van der Waals surface area contributed by atoms with Crippen molar-refractivity contribution in [2.45, 2.75) is 12.7 Å². The number of nitrogens with zero attached hydrogens (tertiary/aromatic N) is 4. The van der Waals surface area contributed by atoms with Crippen LogP contribution in [0.2, 0.25) is 0 Å². The van der Waals surface area contributed by atoms with E-state index >= 15 is 0 Å². The van der Waals surface area contributed by atoms with Crippen molar-refractivity contribution in [3.8, 4) is 11.8 Å². The summed E-state index contributed by atoms with van der Waals surface area (Å²) in [5, 5.41) is 23.2. The first-order valence-electron chi connectivity index (χ1n) is 9.91. The normalized spacial score (nSPS) is 11.6. The number of aromatic nitrogens is 2. The quantitative estimate of drug-likeness (QED) is 0.337. The molecule has 1 amide bonds. The van der Waals surface area contributed by atoms with Crippen molar-refractivity contribution in [1.82, 2.24) is 15.0 Å². The van der Waals surface area contributed by atoms with Crippen molar-refractivity contribution < 1.29 is 23.1 Å². The number of nitriles is 1. The lowest BCUT2D eigenvalue weighted by atomic mass is 10.1. The minimum Gasteiger partial charge on any atom is -0.507 e. The molecule has 7 nitrogen and oxygen atoms in total. The van der Waals surface area contributed by atoms with Gasteiger partial charge in [-0.1, -0.05) is 6.07 Å². The third-order valence-corrected chi connectivity index (χ3v) is 5.03. The van der Waals surface area contributed by atoms with Crippen LogP contribution in [0.15, 0.2) is 72.2 Å². The summed E-state index contributed by atoms with van der Waals surface area (Å²) in [4.78, 5) is 15.9. The van der Waals surface area contributed by atoms with Crippen molar-refractivity contribution in [3.05, 3.63) is 94.9 Å². The van der Waals surface area contributed by atoms with Gasteiger partial charge in [0.15, 0.2) is 0 Å². The van der Waals surface area contributed by atoms with Crippen LogP contribution in [0.5, 0.6) is 5.75 Å². The first-order valence-corrected chi connectivity index (χ1v) is 9.91. The van der Waals surface area contributed by atoms with Crippen LogP contribution in [-0.2, 0) is 12.7 Å². The fourth-order valence-corrected chi connectivity index (χ4v) is 3.36. The van der Waals surface area contributed by atoms with Gasteiger partial charge in [0.1, 0.15) is 11.8 Å². The summed E-state index contributed by atoms with van der Waals surface area (Å²) in [5.74, 6) is -0.762. The number of alkyl halides is 3. The predicted octanol–water partition coefficient (Wildman–Crippen LogP) is 4.44. The van der Waals surface area contributed by atoms with Crippen LogP contribution in [0.4, 0.5) is 13.2 Å². The minimum absolute atomic E-state index is 0.0208. The van der Waals surface area contributed by atoms with Gasteiger partial charge in [0.2, 0.25) is 0 Å². The maximum absolute atomic E-state index is 12.9. The predicted molar refractivity (Wildman–Crippen MR) is 118 cm³/mol. The molecule has 2 aromatic heterocycles. The molecule has 0 unspecified atom stereocenters. The van der Waals surface area contributed by atoms with Gasteiger partial charge in [0.25, 0.3) is 5.91 Å². The number of phenolic OH excluding ortho intramolecular Hbond substituents is 1. The van der Waals surface area contributed by atoms with Gasteiger partial charge >= 0.3 is 6.18 Å². The number of hydrogen-bond acceptors (Lipinski definition) is 5. The number of fused-ring (bicyclic) bond motifs is 1. The number of pyridine rings is 1. The molecule has 2 heterocycles. The monoisotopic (exact) mass is 463 g/mol. The van der Waals surface area contributed by atoms with Crippen molar-refractivity contribution in [3.63, 3.8) is 0 Å². The second-order valence-electron chi connectivity index (χ2n) is 7.38. The van der Waals surface area contributed by atoms with E-state index in [1.165, 1.54) is 30.6 Å². The van der Waals surface area contributed by atoms with Crippen molar-refractivity contribution in [1.29, 1.82) is 5.26 Å². The maximum atomic E-state index is 12.9. The molecular weight excluding hydrogens is 447 g/mol. The Hall–Kier alpha value is -4.65. The van der Waals surface area contributed by atoms with E-state index in [2.05, 4.69) is 15.5 Å². The number of hydrogen-bond donors (Lipinski definition) is 2. The van der Waals surface area contributed by atoms with Crippen LogP contribution < -0.4 is 5.43 Å². The SMILES string of the molecule is N#Cc1cc(C(=O)N/N=C/c2ccc3c(ccn3Cc3cncc(C(F)(F)F)c3)c2)ccc1O. The van der Waals surface area contributed by atoms with Crippen LogP contribution in [0.1, 0.15) is 32.6 Å². The van der Waals surface area contributed by atoms with Crippen molar-refractivity contribution >= 4 is 23.0 Å². The molecule has 0 atom stereocenters. The molecule has 4 aromatic rings. The Morgan fingerprint density at radius 3 is 2.76 bits per heavy atom. The second kappa shape index (κ2) is 9.07. The average molecular weight is 463 g/mol.